The van der Waals surface area contributed by atoms with E-state index in [-0.39, 0.29) is 23.9 Å². The van der Waals surface area contributed by atoms with Gasteiger partial charge < -0.3 is 19.7 Å². The maximum atomic E-state index is 12.4. The summed E-state index contributed by atoms with van der Waals surface area (Å²) in [6.07, 6.45) is 7.52. The summed E-state index contributed by atoms with van der Waals surface area (Å²) in [5, 5.41) is 19.0. The molecule has 5 heteroatoms. The van der Waals surface area contributed by atoms with Crippen LogP contribution in [0.2, 0.25) is 0 Å². The lowest BCUT2D eigenvalue weighted by Gasteiger charge is -2.15. The largest absolute Gasteiger partial charge is 0.504 e. The summed E-state index contributed by atoms with van der Waals surface area (Å²) >= 11 is 0. The molecule has 0 unspecified atom stereocenters. The van der Waals surface area contributed by atoms with E-state index in [2.05, 4.69) is 0 Å². The van der Waals surface area contributed by atoms with Crippen molar-refractivity contribution in [2.45, 2.75) is 58.3 Å². The quantitative estimate of drug-likeness (QED) is 0.445. The molecule has 0 saturated carbocycles. The van der Waals surface area contributed by atoms with Crippen molar-refractivity contribution in [3.8, 4) is 17.2 Å². The van der Waals surface area contributed by atoms with Gasteiger partial charge in [0.25, 0.3) is 0 Å². The fourth-order valence-corrected chi connectivity index (χ4v) is 2.86. The molecule has 0 aliphatic heterocycles. The van der Waals surface area contributed by atoms with Crippen LogP contribution in [0.25, 0.3) is 0 Å². The van der Waals surface area contributed by atoms with Gasteiger partial charge in [0.15, 0.2) is 17.3 Å². The molecular formula is C19H30O5. The average Bonchev–Trinajstić information content (AvgIpc) is 2.56. The van der Waals surface area contributed by atoms with Gasteiger partial charge in [-0.2, -0.15) is 0 Å². The number of rotatable bonds is 12. The monoisotopic (exact) mass is 338 g/mol. The van der Waals surface area contributed by atoms with Crippen LogP contribution in [0.3, 0.4) is 0 Å². The Morgan fingerprint density at radius 3 is 2.12 bits per heavy atom. The molecule has 136 valence electrons. The molecule has 0 spiro atoms. The van der Waals surface area contributed by atoms with Gasteiger partial charge in [0.05, 0.1) is 19.8 Å². The van der Waals surface area contributed by atoms with E-state index >= 15 is 0 Å². The van der Waals surface area contributed by atoms with Gasteiger partial charge in [-0.3, -0.25) is 4.79 Å². The minimum atomic E-state index is -0.136. The molecule has 0 bridgehead atoms. The van der Waals surface area contributed by atoms with Crippen molar-refractivity contribution in [2.24, 2.45) is 0 Å². The van der Waals surface area contributed by atoms with Crippen LogP contribution in [-0.2, 0) is 0 Å². The van der Waals surface area contributed by atoms with Crippen LogP contribution < -0.4 is 9.47 Å². The highest BCUT2D eigenvalue weighted by Gasteiger charge is 2.21. The van der Waals surface area contributed by atoms with Crippen LogP contribution in [0.5, 0.6) is 17.2 Å². The molecule has 0 amide bonds. The van der Waals surface area contributed by atoms with Crippen molar-refractivity contribution in [2.75, 3.05) is 20.8 Å². The molecule has 0 saturated heterocycles. The number of phenols is 1. The highest BCUT2D eigenvalue weighted by atomic mass is 16.5. The number of aliphatic hydroxyl groups is 1. The Morgan fingerprint density at radius 1 is 1.00 bits per heavy atom. The zero-order chi connectivity index (χ0) is 17.9. The number of phenolic OH excluding ortho intramolecular Hbond substituents is 1. The van der Waals surface area contributed by atoms with Crippen molar-refractivity contribution in [1.29, 1.82) is 0 Å². The maximum absolute atomic E-state index is 12.4. The fraction of sp³-hybridized carbons (Fsp3) is 0.632. The number of hydrogen-bond donors (Lipinski definition) is 2. The number of aliphatic hydroxyl groups excluding tert-OH is 1. The first-order valence-corrected chi connectivity index (χ1v) is 8.65. The Labute approximate surface area is 144 Å². The van der Waals surface area contributed by atoms with E-state index in [1.54, 1.807) is 13.0 Å². The summed E-state index contributed by atoms with van der Waals surface area (Å²) in [6.45, 7) is 2.05. The highest BCUT2D eigenvalue weighted by Crippen LogP contribution is 2.41. The number of hydrogen-bond acceptors (Lipinski definition) is 5. The number of ketones is 1. The van der Waals surface area contributed by atoms with E-state index < -0.39 is 0 Å². The van der Waals surface area contributed by atoms with Crippen LogP contribution in [-0.4, -0.2) is 36.8 Å². The minimum Gasteiger partial charge on any atom is -0.504 e. The number of carbonyl (C=O) groups excluding carboxylic acids is 1. The van der Waals surface area contributed by atoms with Crippen molar-refractivity contribution >= 4 is 5.78 Å². The molecule has 0 atom stereocenters. The number of aromatic hydroxyl groups is 1. The first kappa shape index (κ1) is 20.3. The lowest BCUT2D eigenvalue weighted by molar-refractivity contribution is 0.0975. The number of methoxy groups -OCH3 is 2. The third kappa shape index (κ3) is 5.71. The number of unbranched alkanes of at least 4 members (excludes halogenated alkanes) is 6. The maximum Gasteiger partial charge on any atom is 0.203 e. The molecule has 0 aliphatic rings. The van der Waals surface area contributed by atoms with E-state index in [4.69, 9.17) is 14.6 Å². The molecule has 5 nitrogen and oxygen atoms in total. The van der Waals surface area contributed by atoms with Crippen molar-refractivity contribution in [3.63, 3.8) is 0 Å². The molecule has 1 rings (SSSR count). The van der Waals surface area contributed by atoms with Gasteiger partial charge >= 0.3 is 0 Å². The molecular weight excluding hydrogens is 308 g/mol. The molecule has 0 fully saturated rings. The van der Waals surface area contributed by atoms with E-state index in [1.165, 1.54) is 14.2 Å². The Balaban J connectivity index is 2.53. The van der Waals surface area contributed by atoms with Crippen LogP contribution >= 0.6 is 0 Å². The Morgan fingerprint density at radius 2 is 1.58 bits per heavy atom. The van der Waals surface area contributed by atoms with E-state index in [0.717, 1.165) is 44.9 Å². The predicted octanol–water partition coefficient (Wildman–Crippen LogP) is 4.01. The second kappa shape index (κ2) is 10.9. The minimum absolute atomic E-state index is 0.0637. The summed E-state index contributed by atoms with van der Waals surface area (Å²) in [7, 11) is 2.94. The number of carbonyl (C=O) groups is 1. The van der Waals surface area contributed by atoms with Gasteiger partial charge in [0, 0.05) is 13.0 Å². The zero-order valence-electron chi connectivity index (χ0n) is 15.1. The summed E-state index contributed by atoms with van der Waals surface area (Å²) in [6, 6.07) is 1.72. The lowest BCUT2D eigenvalue weighted by atomic mass is 9.97. The van der Waals surface area contributed by atoms with Gasteiger partial charge in [0.2, 0.25) is 5.75 Å². The smallest absolute Gasteiger partial charge is 0.203 e. The zero-order valence-corrected chi connectivity index (χ0v) is 15.1. The third-order valence-electron chi connectivity index (χ3n) is 4.18. The molecule has 0 aliphatic carbocycles. The second-order valence-corrected chi connectivity index (χ2v) is 6.02. The van der Waals surface area contributed by atoms with Crippen LogP contribution in [0.4, 0.5) is 0 Å². The van der Waals surface area contributed by atoms with Crippen LogP contribution in [0, 0.1) is 6.92 Å². The molecule has 2 N–H and O–H groups in total. The first-order valence-electron chi connectivity index (χ1n) is 8.65. The summed E-state index contributed by atoms with van der Waals surface area (Å²) in [5.41, 5.74) is 1.02. The molecule has 0 radical (unpaired) electrons. The topological polar surface area (TPSA) is 76.0 Å². The summed E-state index contributed by atoms with van der Waals surface area (Å²) in [5.74, 6) is 0.428. The first-order chi connectivity index (χ1) is 11.6. The lowest BCUT2D eigenvalue weighted by Crippen LogP contribution is -2.05. The molecule has 24 heavy (non-hydrogen) atoms. The predicted molar refractivity (Wildman–Crippen MR) is 94.3 cm³/mol. The standard InChI is InChI=1S/C19H30O5/c1-14-13-16(23-2)19(24-3)18(22)17(14)15(21)11-9-7-5-4-6-8-10-12-20/h13,20,22H,4-12H2,1-3H3. The van der Waals surface area contributed by atoms with E-state index in [9.17, 15) is 9.90 Å². The number of ether oxygens (including phenoxy) is 2. The fourth-order valence-electron chi connectivity index (χ4n) is 2.86. The van der Waals surface area contributed by atoms with Gasteiger partial charge in [-0.25, -0.2) is 0 Å². The van der Waals surface area contributed by atoms with Crippen molar-refractivity contribution in [1.82, 2.24) is 0 Å². The number of benzene rings is 1. The van der Waals surface area contributed by atoms with Crippen LogP contribution in [0.1, 0.15) is 67.3 Å². The third-order valence-corrected chi connectivity index (χ3v) is 4.18. The van der Waals surface area contributed by atoms with Crippen molar-refractivity contribution in [3.05, 3.63) is 17.2 Å². The Kier molecular flexibility index (Phi) is 9.23. The summed E-state index contributed by atoms with van der Waals surface area (Å²) in [4.78, 5) is 12.4. The highest BCUT2D eigenvalue weighted by molar-refractivity contribution is 6.01. The van der Waals surface area contributed by atoms with Gasteiger partial charge in [-0.05, 0) is 31.4 Å². The SMILES string of the molecule is COc1cc(C)c(C(=O)CCCCCCCCCO)c(O)c1OC. The van der Waals surface area contributed by atoms with E-state index in [0.29, 0.717) is 23.3 Å². The van der Waals surface area contributed by atoms with Crippen LogP contribution in [0.15, 0.2) is 6.07 Å². The van der Waals surface area contributed by atoms with Gasteiger partial charge in [-0.15, -0.1) is 0 Å². The van der Waals surface area contributed by atoms with Gasteiger partial charge in [-0.1, -0.05) is 32.1 Å². The Bertz CT molecular complexity index is 525. The molecule has 0 heterocycles. The second-order valence-electron chi connectivity index (χ2n) is 6.02. The average molecular weight is 338 g/mol. The van der Waals surface area contributed by atoms with E-state index in [1.807, 2.05) is 0 Å². The summed E-state index contributed by atoms with van der Waals surface area (Å²) < 4.78 is 10.3. The molecule has 1 aromatic rings. The Hall–Kier alpha value is -1.75. The number of aryl methyl sites for hydroxylation is 1. The number of Topliss-reactive ketones (excluding diaryl/α,β-unsaturated/α-hetero) is 1. The normalized spacial score (nSPS) is 10.7. The molecule has 1 aromatic carbocycles. The van der Waals surface area contributed by atoms with Gasteiger partial charge in [0.1, 0.15) is 0 Å². The van der Waals surface area contributed by atoms with Crippen molar-refractivity contribution < 1.29 is 24.5 Å². The molecule has 0 aromatic heterocycles.